The number of rotatable bonds is 8. The maximum atomic E-state index is 12.6. The zero-order valence-electron chi connectivity index (χ0n) is 14.7. The highest BCUT2D eigenvalue weighted by Crippen LogP contribution is 2.10. The Kier molecular flexibility index (Phi) is 7.07. The molecule has 1 heterocycles. The quantitative estimate of drug-likeness (QED) is 0.801. The standard InChI is InChI=1S/C19H24N4O2/c1-3-4-12-23(19(25)17-14-20-10-11-21-17)13-9-18(24)22-16-7-5-15(2)6-8-16/h5-8,10-11,14H,3-4,9,12-13H2,1-2H3,(H,22,24). The molecule has 2 aromatic rings. The molecule has 6 nitrogen and oxygen atoms in total. The first-order valence-electron chi connectivity index (χ1n) is 8.52. The number of unbranched alkanes of at least 4 members (excludes halogenated alkanes) is 1. The van der Waals surface area contributed by atoms with Crippen LogP contribution < -0.4 is 5.32 Å². The molecule has 1 N–H and O–H groups in total. The predicted octanol–water partition coefficient (Wildman–Crippen LogP) is 3.06. The first kappa shape index (κ1) is 18.6. The van der Waals surface area contributed by atoms with Gasteiger partial charge in [-0.25, -0.2) is 4.98 Å². The number of aryl methyl sites for hydroxylation is 1. The second-order valence-corrected chi connectivity index (χ2v) is 5.90. The van der Waals surface area contributed by atoms with Crippen molar-refractivity contribution < 1.29 is 9.59 Å². The normalized spacial score (nSPS) is 10.3. The number of nitrogens with zero attached hydrogens (tertiary/aromatic N) is 3. The largest absolute Gasteiger partial charge is 0.337 e. The topological polar surface area (TPSA) is 75.2 Å². The molecule has 0 spiro atoms. The summed E-state index contributed by atoms with van der Waals surface area (Å²) >= 11 is 0. The van der Waals surface area contributed by atoms with Crippen molar-refractivity contribution in [2.45, 2.75) is 33.1 Å². The van der Waals surface area contributed by atoms with Gasteiger partial charge in [0.2, 0.25) is 5.91 Å². The van der Waals surface area contributed by atoms with E-state index >= 15 is 0 Å². The summed E-state index contributed by atoms with van der Waals surface area (Å²) in [5, 5.41) is 2.85. The van der Waals surface area contributed by atoms with Crippen LogP contribution in [0, 0.1) is 6.92 Å². The van der Waals surface area contributed by atoms with E-state index in [1.807, 2.05) is 31.2 Å². The molecule has 25 heavy (non-hydrogen) atoms. The van der Waals surface area contributed by atoms with Gasteiger partial charge in [-0.1, -0.05) is 31.0 Å². The maximum Gasteiger partial charge on any atom is 0.274 e. The molecule has 2 amide bonds. The second-order valence-electron chi connectivity index (χ2n) is 5.90. The van der Waals surface area contributed by atoms with Crippen LogP contribution in [0.1, 0.15) is 42.2 Å². The average Bonchev–Trinajstić information content (AvgIpc) is 2.64. The van der Waals surface area contributed by atoms with E-state index in [0.717, 1.165) is 24.1 Å². The van der Waals surface area contributed by atoms with Crippen LogP contribution in [-0.4, -0.2) is 39.8 Å². The molecule has 2 rings (SSSR count). The molecule has 0 fully saturated rings. The van der Waals surface area contributed by atoms with Crippen LogP contribution in [0.4, 0.5) is 5.69 Å². The molecule has 0 aliphatic heterocycles. The molecule has 0 radical (unpaired) electrons. The minimum Gasteiger partial charge on any atom is -0.337 e. The molecule has 132 valence electrons. The Bertz CT molecular complexity index is 686. The van der Waals surface area contributed by atoms with Gasteiger partial charge in [0.25, 0.3) is 5.91 Å². The summed E-state index contributed by atoms with van der Waals surface area (Å²) < 4.78 is 0. The molecule has 6 heteroatoms. The molecule has 0 bridgehead atoms. The van der Waals surface area contributed by atoms with E-state index < -0.39 is 0 Å². The summed E-state index contributed by atoms with van der Waals surface area (Å²) in [5.41, 5.74) is 2.20. The number of hydrogen-bond acceptors (Lipinski definition) is 4. The minimum atomic E-state index is -0.190. The lowest BCUT2D eigenvalue weighted by atomic mass is 10.2. The minimum absolute atomic E-state index is 0.114. The van der Waals surface area contributed by atoms with Gasteiger partial charge in [0.15, 0.2) is 0 Å². The van der Waals surface area contributed by atoms with Crippen molar-refractivity contribution in [2.75, 3.05) is 18.4 Å². The van der Waals surface area contributed by atoms with Gasteiger partial charge in [-0.15, -0.1) is 0 Å². The van der Waals surface area contributed by atoms with E-state index in [1.165, 1.54) is 18.6 Å². The second kappa shape index (κ2) is 9.52. The molecular weight excluding hydrogens is 316 g/mol. The number of amides is 2. The molecule has 0 saturated carbocycles. The smallest absolute Gasteiger partial charge is 0.274 e. The number of carbonyl (C=O) groups excluding carboxylic acids is 2. The fraction of sp³-hybridized carbons (Fsp3) is 0.368. The Morgan fingerprint density at radius 2 is 1.88 bits per heavy atom. The Labute approximate surface area is 148 Å². The van der Waals surface area contributed by atoms with Gasteiger partial charge in [-0.05, 0) is 25.5 Å². The Morgan fingerprint density at radius 1 is 1.12 bits per heavy atom. The van der Waals surface area contributed by atoms with Crippen LogP contribution in [0.3, 0.4) is 0 Å². The van der Waals surface area contributed by atoms with Crippen molar-refractivity contribution in [1.82, 2.24) is 14.9 Å². The Morgan fingerprint density at radius 3 is 2.52 bits per heavy atom. The summed E-state index contributed by atoms with van der Waals surface area (Å²) in [4.78, 5) is 34.4. The first-order chi connectivity index (χ1) is 12.1. The van der Waals surface area contributed by atoms with Gasteiger partial charge in [-0.3, -0.25) is 14.6 Å². The molecule has 1 aromatic carbocycles. The highest BCUT2D eigenvalue weighted by molar-refractivity contribution is 5.93. The van der Waals surface area contributed by atoms with Crippen LogP contribution >= 0.6 is 0 Å². The zero-order chi connectivity index (χ0) is 18.1. The van der Waals surface area contributed by atoms with Crippen LogP contribution in [0.5, 0.6) is 0 Å². The molecule has 0 saturated heterocycles. The SMILES string of the molecule is CCCCN(CCC(=O)Nc1ccc(C)cc1)C(=O)c1cnccn1. The molecular formula is C19H24N4O2. The Balaban J connectivity index is 1.93. The van der Waals surface area contributed by atoms with Crippen molar-refractivity contribution in [3.8, 4) is 0 Å². The number of benzene rings is 1. The first-order valence-corrected chi connectivity index (χ1v) is 8.52. The van der Waals surface area contributed by atoms with Gasteiger partial charge >= 0.3 is 0 Å². The molecule has 1 aromatic heterocycles. The van der Waals surface area contributed by atoms with Crippen molar-refractivity contribution in [2.24, 2.45) is 0 Å². The van der Waals surface area contributed by atoms with Crippen LogP contribution in [0.2, 0.25) is 0 Å². The molecule has 0 unspecified atom stereocenters. The van der Waals surface area contributed by atoms with Gasteiger partial charge in [-0.2, -0.15) is 0 Å². The van der Waals surface area contributed by atoms with Crippen LogP contribution in [0.15, 0.2) is 42.9 Å². The molecule has 0 aliphatic carbocycles. The lowest BCUT2D eigenvalue weighted by Gasteiger charge is -2.21. The van der Waals surface area contributed by atoms with Crippen LogP contribution in [-0.2, 0) is 4.79 Å². The van der Waals surface area contributed by atoms with E-state index in [1.54, 1.807) is 4.90 Å². The average molecular weight is 340 g/mol. The van der Waals surface area contributed by atoms with Crippen molar-refractivity contribution >= 4 is 17.5 Å². The molecule has 0 atom stereocenters. The summed E-state index contributed by atoms with van der Waals surface area (Å²) in [6, 6.07) is 7.63. The van der Waals surface area contributed by atoms with Gasteiger partial charge in [0, 0.05) is 37.6 Å². The fourth-order valence-corrected chi connectivity index (χ4v) is 2.33. The highest BCUT2D eigenvalue weighted by atomic mass is 16.2. The summed E-state index contributed by atoms with van der Waals surface area (Å²) in [7, 11) is 0. The monoisotopic (exact) mass is 340 g/mol. The Hall–Kier alpha value is -2.76. The number of anilines is 1. The van der Waals surface area contributed by atoms with Crippen molar-refractivity contribution in [3.05, 3.63) is 54.1 Å². The van der Waals surface area contributed by atoms with Gasteiger partial charge in [0.1, 0.15) is 5.69 Å². The predicted molar refractivity (Wildman–Crippen MR) is 97.3 cm³/mol. The lowest BCUT2D eigenvalue weighted by molar-refractivity contribution is -0.116. The third kappa shape index (κ3) is 5.99. The van der Waals surface area contributed by atoms with Crippen molar-refractivity contribution in [1.29, 1.82) is 0 Å². The van der Waals surface area contributed by atoms with E-state index in [4.69, 9.17) is 0 Å². The lowest BCUT2D eigenvalue weighted by Crippen LogP contribution is -2.35. The van der Waals surface area contributed by atoms with E-state index in [9.17, 15) is 9.59 Å². The maximum absolute atomic E-state index is 12.6. The van der Waals surface area contributed by atoms with Crippen LogP contribution in [0.25, 0.3) is 0 Å². The number of hydrogen-bond donors (Lipinski definition) is 1. The summed E-state index contributed by atoms with van der Waals surface area (Å²) in [5.74, 6) is -0.304. The fourth-order valence-electron chi connectivity index (χ4n) is 2.33. The highest BCUT2D eigenvalue weighted by Gasteiger charge is 2.17. The zero-order valence-corrected chi connectivity index (χ0v) is 14.7. The summed E-state index contributed by atoms with van der Waals surface area (Å²) in [6.45, 7) is 5.02. The number of carbonyl (C=O) groups is 2. The van der Waals surface area contributed by atoms with Gasteiger partial charge in [0.05, 0.1) is 6.20 Å². The third-order valence-corrected chi connectivity index (χ3v) is 3.80. The van der Waals surface area contributed by atoms with E-state index in [2.05, 4.69) is 22.2 Å². The van der Waals surface area contributed by atoms with E-state index in [-0.39, 0.29) is 18.2 Å². The van der Waals surface area contributed by atoms with Crippen molar-refractivity contribution in [3.63, 3.8) is 0 Å². The summed E-state index contributed by atoms with van der Waals surface area (Å²) in [6.07, 6.45) is 6.57. The van der Waals surface area contributed by atoms with Gasteiger partial charge < -0.3 is 10.2 Å². The molecule has 0 aliphatic rings. The van der Waals surface area contributed by atoms with E-state index in [0.29, 0.717) is 18.8 Å². The number of nitrogens with one attached hydrogen (secondary N) is 1. The number of aromatic nitrogens is 2. The third-order valence-electron chi connectivity index (χ3n) is 3.80.